The zero-order valence-corrected chi connectivity index (χ0v) is 14.5. The first-order valence-corrected chi connectivity index (χ1v) is 8.17. The van der Waals surface area contributed by atoms with E-state index in [9.17, 15) is 9.59 Å². The largest absolute Gasteiger partial charge is 0.319 e. The summed E-state index contributed by atoms with van der Waals surface area (Å²) < 4.78 is 1.24. The van der Waals surface area contributed by atoms with Crippen LogP contribution >= 0.6 is 23.2 Å². The molecule has 0 saturated carbocycles. The van der Waals surface area contributed by atoms with E-state index in [1.165, 1.54) is 16.8 Å². The van der Waals surface area contributed by atoms with Crippen LogP contribution in [-0.2, 0) is 6.54 Å². The molecule has 2 aromatic carbocycles. The average molecular weight is 374 g/mol. The fourth-order valence-electron chi connectivity index (χ4n) is 2.22. The number of carbonyl (C=O) groups is 1. The first-order chi connectivity index (χ1) is 12.0. The van der Waals surface area contributed by atoms with Gasteiger partial charge in [0.25, 0.3) is 11.5 Å². The van der Waals surface area contributed by atoms with Crippen LogP contribution in [0.2, 0.25) is 10.0 Å². The topological polar surface area (TPSA) is 64.0 Å². The van der Waals surface area contributed by atoms with E-state index in [4.69, 9.17) is 23.2 Å². The summed E-state index contributed by atoms with van der Waals surface area (Å²) in [4.78, 5) is 24.4. The fourth-order valence-corrected chi connectivity index (χ4v) is 2.56. The number of hydrogen-bond acceptors (Lipinski definition) is 3. The van der Waals surface area contributed by atoms with Crippen LogP contribution in [0.15, 0.2) is 65.5 Å². The van der Waals surface area contributed by atoms with Crippen LogP contribution in [0.4, 0.5) is 5.69 Å². The molecule has 0 aliphatic rings. The normalized spacial score (nSPS) is 10.5. The van der Waals surface area contributed by atoms with Gasteiger partial charge in [0.2, 0.25) is 0 Å². The standard InChI is InChI=1S/C18H13Cl2N3O2/c19-13-6-7-14(20)16(10-13)21-18(25)15-8-9-17(24)23(22-15)11-12-4-2-1-3-5-12/h1-10H,11H2,(H,21,25). The van der Waals surface area contributed by atoms with E-state index in [-0.39, 0.29) is 17.8 Å². The lowest BCUT2D eigenvalue weighted by Gasteiger charge is -2.09. The minimum atomic E-state index is -0.481. The van der Waals surface area contributed by atoms with Crippen molar-refractivity contribution in [2.45, 2.75) is 6.54 Å². The molecule has 1 N–H and O–H groups in total. The second-order valence-electron chi connectivity index (χ2n) is 5.28. The molecule has 7 heteroatoms. The number of benzene rings is 2. The number of amides is 1. The third-order valence-electron chi connectivity index (χ3n) is 3.45. The van der Waals surface area contributed by atoms with Crippen LogP contribution in [0.5, 0.6) is 0 Å². The second-order valence-corrected chi connectivity index (χ2v) is 6.12. The van der Waals surface area contributed by atoms with Gasteiger partial charge >= 0.3 is 0 Å². The van der Waals surface area contributed by atoms with E-state index in [1.807, 2.05) is 30.3 Å². The number of carbonyl (C=O) groups excluding carboxylic acids is 1. The Bertz CT molecular complexity index is 972. The summed E-state index contributed by atoms with van der Waals surface area (Å²) in [6.45, 7) is 0.277. The molecular formula is C18H13Cl2N3O2. The molecule has 3 rings (SSSR count). The van der Waals surface area contributed by atoms with Gasteiger partial charge in [0.1, 0.15) is 5.69 Å². The molecule has 25 heavy (non-hydrogen) atoms. The van der Waals surface area contributed by atoms with Crippen molar-refractivity contribution in [3.05, 3.63) is 92.3 Å². The molecule has 3 aromatic rings. The highest BCUT2D eigenvalue weighted by Crippen LogP contribution is 2.25. The second kappa shape index (κ2) is 7.51. The monoisotopic (exact) mass is 373 g/mol. The van der Waals surface area contributed by atoms with Gasteiger partial charge in [-0.25, -0.2) is 4.68 Å². The maximum atomic E-state index is 12.4. The van der Waals surface area contributed by atoms with E-state index in [1.54, 1.807) is 18.2 Å². The summed E-state index contributed by atoms with van der Waals surface area (Å²) >= 11 is 12.0. The number of rotatable bonds is 4. The average Bonchev–Trinajstić information content (AvgIpc) is 2.61. The van der Waals surface area contributed by atoms with E-state index in [0.717, 1.165) is 5.56 Å². The highest BCUT2D eigenvalue weighted by molar-refractivity contribution is 6.35. The molecule has 0 aliphatic carbocycles. The molecule has 5 nitrogen and oxygen atoms in total. The Morgan fingerprint density at radius 1 is 1.04 bits per heavy atom. The fraction of sp³-hybridized carbons (Fsp3) is 0.0556. The van der Waals surface area contributed by atoms with Crippen LogP contribution in [0.3, 0.4) is 0 Å². The van der Waals surface area contributed by atoms with Crippen molar-refractivity contribution in [3.63, 3.8) is 0 Å². The van der Waals surface area contributed by atoms with Crippen LogP contribution in [0.1, 0.15) is 16.1 Å². The SMILES string of the molecule is O=C(Nc1cc(Cl)ccc1Cl)c1ccc(=O)n(Cc2ccccc2)n1. The first-order valence-electron chi connectivity index (χ1n) is 7.41. The Morgan fingerprint density at radius 2 is 1.80 bits per heavy atom. The molecule has 0 atom stereocenters. The lowest BCUT2D eigenvalue weighted by atomic mass is 10.2. The Labute approximate surface area is 153 Å². The number of aromatic nitrogens is 2. The van der Waals surface area contributed by atoms with Gasteiger partial charge in [-0.3, -0.25) is 9.59 Å². The molecule has 1 aromatic heterocycles. The van der Waals surface area contributed by atoms with E-state index in [2.05, 4.69) is 10.4 Å². The quantitative estimate of drug-likeness (QED) is 0.755. The minimum absolute atomic E-state index is 0.103. The molecule has 0 fully saturated rings. The Kier molecular flexibility index (Phi) is 5.16. The predicted molar refractivity (Wildman–Crippen MR) is 98.5 cm³/mol. The molecule has 0 unspecified atom stereocenters. The molecule has 0 saturated heterocycles. The number of nitrogens with zero attached hydrogens (tertiary/aromatic N) is 2. The molecule has 1 heterocycles. The van der Waals surface area contributed by atoms with Gasteiger partial charge in [0.15, 0.2) is 0 Å². The molecule has 1 amide bonds. The number of anilines is 1. The van der Waals surface area contributed by atoms with E-state index >= 15 is 0 Å². The molecule has 0 aliphatic heterocycles. The van der Waals surface area contributed by atoms with Gasteiger partial charge in [0.05, 0.1) is 17.3 Å². The van der Waals surface area contributed by atoms with Crippen molar-refractivity contribution in [1.82, 2.24) is 9.78 Å². The lowest BCUT2D eigenvalue weighted by Crippen LogP contribution is -2.26. The van der Waals surface area contributed by atoms with Gasteiger partial charge in [-0.1, -0.05) is 53.5 Å². The molecule has 126 valence electrons. The van der Waals surface area contributed by atoms with Crippen LogP contribution < -0.4 is 10.9 Å². The van der Waals surface area contributed by atoms with Crippen molar-refractivity contribution >= 4 is 34.8 Å². The van der Waals surface area contributed by atoms with Crippen LogP contribution in [0.25, 0.3) is 0 Å². The smallest absolute Gasteiger partial charge is 0.276 e. The highest BCUT2D eigenvalue weighted by Gasteiger charge is 2.12. The van der Waals surface area contributed by atoms with Crippen molar-refractivity contribution in [2.75, 3.05) is 5.32 Å². The van der Waals surface area contributed by atoms with Gasteiger partial charge in [-0.2, -0.15) is 5.10 Å². The highest BCUT2D eigenvalue weighted by atomic mass is 35.5. The summed E-state index contributed by atoms with van der Waals surface area (Å²) in [6, 6.07) is 16.8. The van der Waals surface area contributed by atoms with Gasteiger partial charge in [0, 0.05) is 11.1 Å². The Hall–Kier alpha value is -2.63. The first kappa shape index (κ1) is 17.2. The zero-order valence-electron chi connectivity index (χ0n) is 12.9. The van der Waals surface area contributed by atoms with E-state index < -0.39 is 5.91 Å². The molecule has 0 bridgehead atoms. The maximum Gasteiger partial charge on any atom is 0.276 e. The number of nitrogens with one attached hydrogen (secondary N) is 1. The third kappa shape index (κ3) is 4.26. The summed E-state index contributed by atoms with van der Waals surface area (Å²) in [5.74, 6) is -0.481. The summed E-state index contributed by atoms with van der Waals surface area (Å²) in [7, 11) is 0. The molecule has 0 radical (unpaired) electrons. The van der Waals surface area contributed by atoms with Crippen LogP contribution in [-0.4, -0.2) is 15.7 Å². The lowest BCUT2D eigenvalue weighted by molar-refractivity contribution is 0.102. The maximum absolute atomic E-state index is 12.4. The number of hydrogen-bond donors (Lipinski definition) is 1. The third-order valence-corrected chi connectivity index (χ3v) is 4.02. The van der Waals surface area contributed by atoms with Crippen molar-refractivity contribution < 1.29 is 4.79 Å². The van der Waals surface area contributed by atoms with Gasteiger partial charge in [-0.05, 0) is 29.8 Å². The Morgan fingerprint density at radius 3 is 2.56 bits per heavy atom. The van der Waals surface area contributed by atoms with E-state index in [0.29, 0.717) is 15.7 Å². The van der Waals surface area contributed by atoms with Gasteiger partial charge in [-0.15, -0.1) is 0 Å². The summed E-state index contributed by atoms with van der Waals surface area (Å²) in [6.07, 6.45) is 0. The summed E-state index contributed by atoms with van der Waals surface area (Å²) in [5, 5.41) is 7.58. The van der Waals surface area contributed by atoms with Gasteiger partial charge < -0.3 is 5.32 Å². The Balaban J connectivity index is 1.85. The van der Waals surface area contributed by atoms with Crippen molar-refractivity contribution in [2.24, 2.45) is 0 Å². The minimum Gasteiger partial charge on any atom is -0.319 e. The zero-order chi connectivity index (χ0) is 17.8. The summed E-state index contributed by atoms with van der Waals surface area (Å²) in [5.41, 5.74) is 1.10. The number of halogens is 2. The van der Waals surface area contributed by atoms with Crippen molar-refractivity contribution in [3.8, 4) is 0 Å². The van der Waals surface area contributed by atoms with Crippen molar-refractivity contribution in [1.29, 1.82) is 0 Å². The van der Waals surface area contributed by atoms with Crippen LogP contribution in [0, 0.1) is 0 Å². The molecule has 0 spiro atoms. The predicted octanol–water partition coefficient (Wildman–Crippen LogP) is 3.85. The molecular weight excluding hydrogens is 361 g/mol.